The lowest BCUT2D eigenvalue weighted by Crippen LogP contribution is -2.43. The monoisotopic (exact) mass is 293 g/mol. The fourth-order valence-electron chi connectivity index (χ4n) is 3.70. The number of aromatic hydroxyl groups is 1. The molecule has 1 aromatic rings. The molecule has 1 aliphatic carbocycles. The SMILES string of the molecule is O=C(O)C1C2CCCC2CN1C(=O)c1c(O)cccc1F. The van der Waals surface area contributed by atoms with Crippen molar-refractivity contribution >= 4 is 11.9 Å². The zero-order valence-electron chi connectivity index (χ0n) is 11.3. The second-order valence-electron chi connectivity index (χ2n) is 5.73. The molecule has 1 aromatic carbocycles. The summed E-state index contributed by atoms with van der Waals surface area (Å²) in [5.41, 5.74) is -0.441. The Labute approximate surface area is 121 Å². The van der Waals surface area contributed by atoms with Gasteiger partial charge in [-0.2, -0.15) is 0 Å². The van der Waals surface area contributed by atoms with Gasteiger partial charge < -0.3 is 15.1 Å². The molecular weight excluding hydrogens is 277 g/mol. The summed E-state index contributed by atoms with van der Waals surface area (Å²) in [6.07, 6.45) is 2.63. The number of likely N-dealkylation sites (tertiary alicyclic amines) is 1. The molecule has 2 fully saturated rings. The largest absolute Gasteiger partial charge is 0.507 e. The molecule has 112 valence electrons. The molecule has 1 heterocycles. The van der Waals surface area contributed by atoms with E-state index in [1.54, 1.807) is 0 Å². The molecule has 2 N–H and O–H groups in total. The smallest absolute Gasteiger partial charge is 0.326 e. The Kier molecular flexibility index (Phi) is 3.31. The van der Waals surface area contributed by atoms with E-state index in [9.17, 15) is 24.2 Å². The molecule has 0 spiro atoms. The van der Waals surface area contributed by atoms with Gasteiger partial charge in [-0.05, 0) is 36.8 Å². The molecule has 6 heteroatoms. The predicted octanol–water partition coefficient (Wildman–Crippen LogP) is 1.86. The Morgan fingerprint density at radius 3 is 2.71 bits per heavy atom. The number of carbonyl (C=O) groups excluding carboxylic acids is 1. The number of halogens is 1. The normalized spacial score (nSPS) is 27.7. The van der Waals surface area contributed by atoms with E-state index in [-0.39, 0.29) is 11.8 Å². The number of amides is 1. The maximum Gasteiger partial charge on any atom is 0.326 e. The van der Waals surface area contributed by atoms with E-state index in [4.69, 9.17) is 0 Å². The van der Waals surface area contributed by atoms with Crippen molar-refractivity contribution in [3.8, 4) is 5.75 Å². The number of phenolic OH excluding ortho intramolecular Hbond substituents is 1. The number of carbonyl (C=O) groups is 2. The summed E-state index contributed by atoms with van der Waals surface area (Å²) in [6.45, 7) is 0.314. The average Bonchev–Trinajstić information content (AvgIpc) is 2.97. The van der Waals surface area contributed by atoms with Crippen molar-refractivity contribution in [3.63, 3.8) is 0 Å². The maximum atomic E-state index is 13.8. The number of fused-ring (bicyclic) bond motifs is 1. The summed E-state index contributed by atoms with van der Waals surface area (Å²) in [7, 11) is 0. The summed E-state index contributed by atoms with van der Waals surface area (Å²) in [5.74, 6) is -3.01. The lowest BCUT2D eigenvalue weighted by atomic mass is 9.94. The summed E-state index contributed by atoms with van der Waals surface area (Å²) >= 11 is 0. The van der Waals surface area contributed by atoms with Crippen molar-refractivity contribution < 1.29 is 24.2 Å². The van der Waals surface area contributed by atoms with E-state index >= 15 is 0 Å². The molecule has 0 aromatic heterocycles. The van der Waals surface area contributed by atoms with Crippen LogP contribution in [0.25, 0.3) is 0 Å². The van der Waals surface area contributed by atoms with Gasteiger partial charge in [-0.25, -0.2) is 9.18 Å². The van der Waals surface area contributed by atoms with Crippen LogP contribution in [0.15, 0.2) is 18.2 Å². The predicted molar refractivity (Wildman–Crippen MR) is 71.4 cm³/mol. The minimum atomic E-state index is -1.06. The molecule has 3 rings (SSSR count). The van der Waals surface area contributed by atoms with Crippen LogP contribution in [0, 0.1) is 17.7 Å². The molecule has 1 amide bonds. The molecule has 1 aliphatic heterocycles. The zero-order chi connectivity index (χ0) is 15.1. The quantitative estimate of drug-likeness (QED) is 0.872. The number of carboxylic acid groups (broad SMARTS) is 1. The third-order valence-corrected chi connectivity index (χ3v) is 4.61. The summed E-state index contributed by atoms with van der Waals surface area (Å²) in [6, 6.07) is 2.68. The molecule has 0 radical (unpaired) electrons. The van der Waals surface area contributed by atoms with E-state index in [1.165, 1.54) is 17.0 Å². The van der Waals surface area contributed by atoms with Gasteiger partial charge in [-0.15, -0.1) is 0 Å². The number of rotatable bonds is 2. The first kappa shape index (κ1) is 13.9. The lowest BCUT2D eigenvalue weighted by molar-refractivity contribution is -0.142. The van der Waals surface area contributed by atoms with Crippen LogP contribution >= 0.6 is 0 Å². The Hall–Kier alpha value is -2.11. The number of phenols is 1. The molecule has 5 nitrogen and oxygen atoms in total. The van der Waals surface area contributed by atoms with Crippen molar-refractivity contribution in [2.24, 2.45) is 11.8 Å². The molecular formula is C15H16FNO4. The topological polar surface area (TPSA) is 77.8 Å². The van der Waals surface area contributed by atoms with Gasteiger partial charge in [0.2, 0.25) is 0 Å². The van der Waals surface area contributed by atoms with Crippen molar-refractivity contribution in [1.29, 1.82) is 0 Å². The van der Waals surface area contributed by atoms with Gasteiger partial charge in [-0.1, -0.05) is 12.5 Å². The van der Waals surface area contributed by atoms with E-state index in [2.05, 4.69) is 0 Å². The van der Waals surface area contributed by atoms with Crippen molar-refractivity contribution in [2.75, 3.05) is 6.54 Å². The Morgan fingerprint density at radius 2 is 2.05 bits per heavy atom. The Balaban J connectivity index is 1.96. The molecule has 3 unspecified atom stereocenters. The zero-order valence-corrected chi connectivity index (χ0v) is 11.3. The first-order valence-corrected chi connectivity index (χ1v) is 7.02. The van der Waals surface area contributed by atoms with Crippen LogP contribution in [-0.4, -0.2) is 39.6 Å². The molecule has 0 bridgehead atoms. The maximum absolute atomic E-state index is 13.8. The number of carboxylic acids is 1. The number of hydrogen-bond acceptors (Lipinski definition) is 3. The molecule has 1 saturated carbocycles. The van der Waals surface area contributed by atoms with Crippen molar-refractivity contribution in [3.05, 3.63) is 29.6 Å². The highest BCUT2D eigenvalue weighted by atomic mass is 19.1. The van der Waals surface area contributed by atoms with Gasteiger partial charge in [0, 0.05) is 6.54 Å². The van der Waals surface area contributed by atoms with Crippen molar-refractivity contribution in [1.82, 2.24) is 4.90 Å². The van der Waals surface area contributed by atoms with E-state index in [1.807, 2.05) is 0 Å². The second kappa shape index (κ2) is 5.02. The van der Waals surface area contributed by atoms with Crippen LogP contribution in [0.4, 0.5) is 4.39 Å². The molecule has 1 saturated heterocycles. The van der Waals surface area contributed by atoms with Crippen LogP contribution in [0.5, 0.6) is 5.75 Å². The fourth-order valence-corrected chi connectivity index (χ4v) is 3.70. The Bertz CT molecular complexity index is 583. The standard InChI is InChI=1S/C15H16FNO4/c16-10-5-2-6-11(18)12(10)14(19)17-7-8-3-1-4-9(8)13(17)15(20)21/h2,5-6,8-9,13,18H,1,3-4,7H2,(H,20,21). The van der Waals surface area contributed by atoms with Gasteiger partial charge >= 0.3 is 5.97 Å². The average molecular weight is 293 g/mol. The summed E-state index contributed by atoms with van der Waals surface area (Å²) < 4.78 is 13.8. The highest BCUT2D eigenvalue weighted by molar-refractivity contribution is 5.99. The van der Waals surface area contributed by atoms with Gasteiger partial charge in [0.05, 0.1) is 0 Å². The van der Waals surface area contributed by atoms with Gasteiger partial charge in [0.1, 0.15) is 23.2 Å². The van der Waals surface area contributed by atoms with Crippen LogP contribution in [0.1, 0.15) is 29.6 Å². The second-order valence-corrected chi connectivity index (χ2v) is 5.73. The first-order chi connectivity index (χ1) is 10.0. The number of aliphatic carboxylic acids is 1. The van der Waals surface area contributed by atoms with Gasteiger partial charge in [0.25, 0.3) is 5.91 Å². The summed E-state index contributed by atoms with van der Waals surface area (Å²) in [5, 5.41) is 19.1. The van der Waals surface area contributed by atoms with E-state index < -0.39 is 35.0 Å². The number of nitrogens with zero attached hydrogens (tertiary/aromatic N) is 1. The minimum Gasteiger partial charge on any atom is -0.507 e. The molecule has 3 atom stereocenters. The van der Waals surface area contributed by atoms with E-state index in [0.717, 1.165) is 25.3 Å². The van der Waals surface area contributed by atoms with Crippen LogP contribution < -0.4 is 0 Å². The van der Waals surface area contributed by atoms with Crippen LogP contribution in [-0.2, 0) is 4.79 Å². The van der Waals surface area contributed by atoms with Crippen LogP contribution in [0.2, 0.25) is 0 Å². The molecule has 21 heavy (non-hydrogen) atoms. The van der Waals surface area contributed by atoms with Gasteiger partial charge in [-0.3, -0.25) is 4.79 Å². The van der Waals surface area contributed by atoms with E-state index in [0.29, 0.717) is 6.54 Å². The number of benzene rings is 1. The lowest BCUT2D eigenvalue weighted by Gasteiger charge is -2.24. The van der Waals surface area contributed by atoms with Crippen LogP contribution in [0.3, 0.4) is 0 Å². The third-order valence-electron chi connectivity index (χ3n) is 4.61. The highest BCUT2D eigenvalue weighted by Crippen LogP contribution is 2.43. The third kappa shape index (κ3) is 2.14. The minimum absolute atomic E-state index is 0.0691. The van der Waals surface area contributed by atoms with Crippen molar-refractivity contribution in [2.45, 2.75) is 25.3 Å². The highest BCUT2D eigenvalue weighted by Gasteiger charge is 2.50. The Morgan fingerprint density at radius 1 is 1.29 bits per heavy atom. The molecule has 2 aliphatic rings. The summed E-state index contributed by atoms with van der Waals surface area (Å²) in [4.78, 5) is 25.2. The first-order valence-electron chi connectivity index (χ1n) is 7.02. The number of hydrogen-bond donors (Lipinski definition) is 2. The fraction of sp³-hybridized carbons (Fsp3) is 0.467. The van der Waals surface area contributed by atoms with Gasteiger partial charge in [0.15, 0.2) is 0 Å².